The number of aromatic nitrogens is 3. The third-order valence-corrected chi connectivity index (χ3v) is 4.30. The summed E-state index contributed by atoms with van der Waals surface area (Å²) < 4.78 is 7.75. The summed E-state index contributed by atoms with van der Waals surface area (Å²) in [6.45, 7) is 3.22. The number of amides is 1. The molecule has 0 aliphatic heterocycles. The summed E-state index contributed by atoms with van der Waals surface area (Å²) in [5.41, 5.74) is 2.04. The van der Waals surface area contributed by atoms with Gasteiger partial charge in [0.15, 0.2) is 10.6 Å². The van der Waals surface area contributed by atoms with Crippen molar-refractivity contribution in [3.8, 4) is 17.1 Å². The van der Waals surface area contributed by atoms with E-state index < -0.39 is 0 Å². The molecule has 140 valence electrons. The van der Waals surface area contributed by atoms with Gasteiger partial charge < -0.3 is 10.1 Å². The van der Waals surface area contributed by atoms with E-state index in [-0.39, 0.29) is 12.5 Å². The van der Waals surface area contributed by atoms with E-state index in [0.29, 0.717) is 23.7 Å². The van der Waals surface area contributed by atoms with Crippen molar-refractivity contribution in [3.05, 3.63) is 64.9 Å². The second-order valence-corrected chi connectivity index (χ2v) is 6.56. The van der Waals surface area contributed by atoms with E-state index in [1.165, 1.54) is 0 Å². The smallest absolute Gasteiger partial charge is 0.240 e. The van der Waals surface area contributed by atoms with Crippen molar-refractivity contribution in [1.29, 1.82) is 0 Å². The van der Waals surface area contributed by atoms with Crippen LogP contribution >= 0.6 is 12.2 Å². The minimum atomic E-state index is -0.110. The van der Waals surface area contributed by atoms with E-state index in [1.807, 2.05) is 61.5 Å². The van der Waals surface area contributed by atoms with Crippen LogP contribution in [0.2, 0.25) is 0 Å². The Bertz CT molecular complexity index is 950. The highest BCUT2D eigenvalue weighted by molar-refractivity contribution is 7.71. The third-order valence-electron chi connectivity index (χ3n) is 3.99. The van der Waals surface area contributed by atoms with Crippen molar-refractivity contribution in [1.82, 2.24) is 20.1 Å². The second-order valence-electron chi connectivity index (χ2n) is 6.17. The average molecular weight is 382 g/mol. The van der Waals surface area contributed by atoms with Crippen LogP contribution in [0.1, 0.15) is 12.0 Å². The molecule has 0 saturated heterocycles. The van der Waals surface area contributed by atoms with Crippen LogP contribution in [0, 0.1) is 11.7 Å². The summed E-state index contributed by atoms with van der Waals surface area (Å²) >= 11 is 5.28. The molecule has 2 N–H and O–H groups in total. The molecule has 1 amide bonds. The van der Waals surface area contributed by atoms with Gasteiger partial charge in [-0.05, 0) is 43.8 Å². The topological polar surface area (TPSA) is 71.9 Å². The molecule has 7 heteroatoms. The Morgan fingerprint density at radius 2 is 2.04 bits per heavy atom. The van der Waals surface area contributed by atoms with Crippen LogP contribution < -0.4 is 10.1 Å². The minimum absolute atomic E-state index is 0.110. The van der Waals surface area contributed by atoms with Gasteiger partial charge in [0.25, 0.3) is 0 Å². The summed E-state index contributed by atoms with van der Waals surface area (Å²) in [6.07, 6.45) is 0.724. The number of aryl methyl sites for hydroxylation is 1. The van der Waals surface area contributed by atoms with Gasteiger partial charge in [-0.3, -0.25) is 14.5 Å². The Morgan fingerprint density at radius 1 is 1.22 bits per heavy atom. The number of para-hydroxylation sites is 1. The third kappa shape index (κ3) is 5.27. The van der Waals surface area contributed by atoms with Crippen molar-refractivity contribution in [3.63, 3.8) is 0 Å². The Labute approximate surface area is 163 Å². The first-order valence-corrected chi connectivity index (χ1v) is 9.21. The molecule has 27 heavy (non-hydrogen) atoms. The van der Waals surface area contributed by atoms with Gasteiger partial charge in [0.05, 0.1) is 6.61 Å². The molecule has 0 radical (unpaired) electrons. The molecular formula is C20H22N4O2S. The van der Waals surface area contributed by atoms with Crippen LogP contribution in [0.25, 0.3) is 11.4 Å². The van der Waals surface area contributed by atoms with Crippen LogP contribution in [0.15, 0.2) is 54.6 Å². The highest BCUT2D eigenvalue weighted by atomic mass is 32.1. The molecule has 0 unspecified atom stereocenters. The molecule has 0 fully saturated rings. The molecule has 0 atom stereocenters. The lowest BCUT2D eigenvalue weighted by molar-refractivity contribution is -0.121. The minimum Gasteiger partial charge on any atom is -0.494 e. The molecule has 0 aliphatic rings. The fraction of sp³-hybridized carbons (Fsp3) is 0.250. The number of hydrogen-bond donors (Lipinski definition) is 2. The van der Waals surface area contributed by atoms with Gasteiger partial charge in [-0.2, -0.15) is 5.10 Å². The lowest BCUT2D eigenvalue weighted by Gasteiger charge is -2.09. The van der Waals surface area contributed by atoms with Crippen LogP contribution in [0.5, 0.6) is 5.75 Å². The first kappa shape index (κ1) is 18.8. The SMILES string of the molecule is Cc1cccc(-c2n[nH]c(=S)n2CC(=O)NCCCOc2ccccc2)c1. The van der Waals surface area contributed by atoms with Crippen molar-refractivity contribution < 1.29 is 9.53 Å². The molecule has 0 bridgehead atoms. The molecule has 3 aromatic rings. The molecule has 3 rings (SSSR count). The highest BCUT2D eigenvalue weighted by Gasteiger charge is 2.12. The molecule has 1 heterocycles. The number of carbonyl (C=O) groups excluding carboxylic acids is 1. The van der Waals surface area contributed by atoms with Gasteiger partial charge in [0.2, 0.25) is 5.91 Å². The fourth-order valence-corrected chi connectivity index (χ4v) is 2.87. The van der Waals surface area contributed by atoms with Crippen molar-refractivity contribution in [2.75, 3.05) is 13.2 Å². The van der Waals surface area contributed by atoms with Gasteiger partial charge in [0.1, 0.15) is 12.3 Å². The number of aromatic amines is 1. The number of nitrogens with zero attached hydrogens (tertiary/aromatic N) is 2. The van der Waals surface area contributed by atoms with Crippen LogP contribution in [-0.4, -0.2) is 33.8 Å². The largest absolute Gasteiger partial charge is 0.494 e. The molecule has 1 aromatic heterocycles. The predicted molar refractivity (Wildman–Crippen MR) is 107 cm³/mol. The number of carbonyl (C=O) groups is 1. The predicted octanol–water partition coefficient (Wildman–Crippen LogP) is 3.50. The normalized spacial score (nSPS) is 10.6. The molecule has 2 aromatic carbocycles. The Kier molecular flexibility index (Phi) is 6.38. The number of hydrogen-bond acceptors (Lipinski definition) is 4. The Balaban J connectivity index is 1.51. The quantitative estimate of drug-likeness (QED) is 0.462. The number of benzene rings is 2. The van der Waals surface area contributed by atoms with E-state index >= 15 is 0 Å². The first-order valence-electron chi connectivity index (χ1n) is 8.80. The molecular weight excluding hydrogens is 360 g/mol. The zero-order valence-electron chi connectivity index (χ0n) is 15.1. The van der Waals surface area contributed by atoms with Crippen molar-refractivity contribution in [2.24, 2.45) is 0 Å². The summed E-state index contributed by atoms with van der Waals surface area (Å²) in [5.74, 6) is 1.38. The van der Waals surface area contributed by atoms with Gasteiger partial charge in [-0.1, -0.05) is 42.0 Å². The van der Waals surface area contributed by atoms with E-state index in [2.05, 4.69) is 15.5 Å². The average Bonchev–Trinajstić information content (AvgIpc) is 3.03. The van der Waals surface area contributed by atoms with Gasteiger partial charge in [-0.15, -0.1) is 0 Å². The Morgan fingerprint density at radius 3 is 2.81 bits per heavy atom. The summed E-state index contributed by atoms with van der Waals surface area (Å²) in [7, 11) is 0. The molecule has 0 spiro atoms. The van der Waals surface area contributed by atoms with Crippen LogP contribution in [-0.2, 0) is 11.3 Å². The van der Waals surface area contributed by atoms with Crippen molar-refractivity contribution >= 4 is 18.1 Å². The van der Waals surface area contributed by atoms with E-state index in [1.54, 1.807) is 4.57 Å². The van der Waals surface area contributed by atoms with Gasteiger partial charge in [-0.25, -0.2) is 0 Å². The standard InChI is InChI=1S/C20H22N4O2S/c1-15-7-5-8-16(13-15)19-22-23-20(27)24(19)14-18(25)21-11-6-12-26-17-9-3-2-4-10-17/h2-5,7-10,13H,6,11-12,14H2,1H3,(H,21,25)(H,23,27). The van der Waals surface area contributed by atoms with Gasteiger partial charge in [0, 0.05) is 12.1 Å². The maximum Gasteiger partial charge on any atom is 0.240 e. The maximum atomic E-state index is 12.3. The monoisotopic (exact) mass is 382 g/mol. The summed E-state index contributed by atoms with van der Waals surface area (Å²) in [4.78, 5) is 12.3. The lowest BCUT2D eigenvalue weighted by Crippen LogP contribution is -2.29. The van der Waals surface area contributed by atoms with E-state index in [0.717, 1.165) is 23.3 Å². The number of rotatable bonds is 8. The summed E-state index contributed by atoms with van der Waals surface area (Å²) in [5, 5.41) is 9.94. The van der Waals surface area contributed by atoms with Crippen LogP contribution in [0.4, 0.5) is 0 Å². The van der Waals surface area contributed by atoms with E-state index in [4.69, 9.17) is 17.0 Å². The zero-order chi connectivity index (χ0) is 19.1. The van der Waals surface area contributed by atoms with Crippen LogP contribution in [0.3, 0.4) is 0 Å². The number of nitrogens with one attached hydrogen (secondary N) is 2. The molecule has 0 saturated carbocycles. The Hall–Kier alpha value is -2.93. The lowest BCUT2D eigenvalue weighted by atomic mass is 10.1. The zero-order valence-corrected chi connectivity index (χ0v) is 16.0. The number of ether oxygens (including phenoxy) is 1. The maximum absolute atomic E-state index is 12.3. The molecule has 6 nitrogen and oxygen atoms in total. The van der Waals surface area contributed by atoms with Gasteiger partial charge >= 0.3 is 0 Å². The van der Waals surface area contributed by atoms with Crippen molar-refractivity contribution in [2.45, 2.75) is 19.9 Å². The fourth-order valence-electron chi connectivity index (χ4n) is 2.68. The first-order chi connectivity index (χ1) is 13.1. The molecule has 0 aliphatic carbocycles. The second kappa shape index (κ2) is 9.14. The number of H-pyrrole nitrogens is 1. The van der Waals surface area contributed by atoms with E-state index in [9.17, 15) is 4.79 Å². The highest BCUT2D eigenvalue weighted by Crippen LogP contribution is 2.18. The summed E-state index contributed by atoms with van der Waals surface area (Å²) in [6, 6.07) is 17.6.